The highest BCUT2D eigenvalue weighted by Crippen LogP contribution is 2.19. The molecule has 4 atom stereocenters. The largest absolute Gasteiger partial charge is 0.481 e. The van der Waals surface area contributed by atoms with Gasteiger partial charge in [0.1, 0.15) is 18.1 Å². The molecule has 3 aromatic rings. The van der Waals surface area contributed by atoms with Crippen LogP contribution in [0, 0.1) is 5.92 Å². The number of aromatic amines is 2. The Kier molecular flexibility index (Phi) is 11.2. The molecule has 14 nitrogen and oxygen atoms in total. The first-order valence-corrected chi connectivity index (χ1v) is 13.6. The summed E-state index contributed by atoms with van der Waals surface area (Å²) in [6.45, 7) is 3.64. The van der Waals surface area contributed by atoms with Crippen LogP contribution in [-0.2, 0) is 36.8 Å². The molecular weight excluding hydrogens is 546 g/mol. The Morgan fingerprint density at radius 1 is 0.905 bits per heavy atom. The molecule has 14 heteroatoms. The lowest BCUT2D eigenvalue weighted by Crippen LogP contribution is -2.58. The highest BCUT2D eigenvalue weighted by Gasteiger charge is 2.31. The van der Waals surface area contributed by atoms with Crippen molar-refractivity contribution >= 4 is 40.6 Å². The van der Waals surface area contributed by atoms with Crippen molar-refractivity contribution in [1.29, 1.82) is 0 Å². The minimum Gasteiger partial charge on any atom is -0.481 e. The molecule has 0 spiro atoms. The van der Waals surface area contributed by atoms with Gasteiger partial charge in [-0.05, 0) is 36.8 Å². The van der Waals surface area contributed by atoms with E-state index in [2.05, 4.69) is 30.9 Å². The summed E-state index contributed by atoms with van der Waals surface area (Å²) >= 11 is 0. The van der Waals surface area contributed by atoms with Gasteiger partial charge in [0, 0.05) is 41.8 Å². The van der Waals surface area contributed by atoms with Crippen molar-refractivity contribution in [1.82, 2.24) is 30.9 Å². The number of imidazole rings is 1. The number of H-pyrrole nitrogens is 2. The number of hydrogen-bond acceptors (Lipinski definition) is 7. The molecule has 2 heterocycles. The Hall–Kier alpha value is -4.72. The molecule has 0 bridgehead atoms. The number of aromatic nitrogens is 3. The van der Waals surface area contributed by atoms with Gasteiger partial charge in [0.2, 0.25) is 17.7 Å². The topological polar surface area (TPSA) is 232 Å². The molecule has 0 radical (unpaired) electrons. The van der Waals surface area contributed by atoms with Gasteiger partial charge in [-0.3, -0.25) is 19.2 Å². The summed E-state index contributed by atoms with van der Waals surface area (Å²) in [4.78, 5) is 72.2. The van der Waals surface area contributed by atoms with Crippen molar-refractivity contribution < 1.29 is 34.2 Å². The molecule has 0 aliphatic carbocycles. The van der Waals surface area contributed by atoms with Crippen molar-refractivity contribution in [2.75, 3.05) is 0 Å². The van der Waals surface area contributed by atoms with Crippen LogP contribution in [0.3, 0.4) is 0 Å². The minimum atomic E-state index is -1.46. The van der Waals surface area contributed by atoms with E-state index in [-0.39, 0.29) is 31.6 Å². The first-order chi connectivity index (χ1) is 19.9. The van der Waals surface area contributed by atoms with E-state index >= 15 is 0 Å². The van der Waals surface area contributed by atoms with Crippen molar-refractivity contribution in [2.24, 2.45) is 11.7 Å². The fourth-order valence-corrected chi connectivity index (χ4v) is 4.51. The summed E-state index contributed by atoms with van der Waals surface area (Å²) in [7, 11) is 0. The second kappa shape index (κ2) is 14.8. The van der Waals surface area contributed by atoms with E-state index in [0.29, 0.717) is 5.69 Å². The number of nitrogens with two attached hydrogens (primary N) is 1. The number of nitrogens with one attached hydrogen (secondary N) is 5. The zero-order valence-corrected chi connectivity index (χ0v) is 23.4. The van der Waals surface area contributed by atoms with E-state index in [9.17, 15) is 29.1 Å². The van der Waals surface area contributed by atoms with Crippen molar-refractivity contribution in [3.05, 3.63) is 54.2 Å². The van der Waals surface area contributed by atoms with Gasteiger partial charge in [0.25, 0.3) is 0 Å². The van der Waals surface area contributed by atoms with Gasteiger partial charge in [0.15, 0.2) is 0 Å². The summed E-state index contributed by atoms with van der Waals surface area (Å²) in [6, 6.07) is 2.86. The van der Waals surface area contributed by atoms with E-state index in [4.69, 9.17) is 10.8 Å². The van der Waals surface area contributed by atoms with Crippen LogP contribution in [0.1, 0.15) is 44.4 Å². The second-order valence-corrected chi connectivity index (χ2v) is 10.5. The molecule has 226 valence electrons. The number of carbonyl (C=O) groups is 5. The maximum atomic E-state index is 13.5. The zero-order valence-electron chi connectivity index (χ0n) is 23.4. The third-order valence-corrected chi connectivity index (χ3v) is 6.66. The van der Waals surface area contributed by atoms with E-state index in [1.54, 1.807) is 6.20 Å². The van der Waals surface area contributed by atoms with Gasteiger partial charge in [-0.15, -0.1) is 0 Å². The van der Waals surface area contributed by atoms with Gasteiger partial charge in [0.05, 0.1) is 12.4 Å². The summed E-state index contributed by atoms with van der Waals surface area (Å²) in [5, 5.41) is 26.9. The fourth-order valence-electron chi connectivity index (χ4n) is 4.51. The van der Waals surface area contributed by atoms with Crippen molar-refractivity contribution in [3.8, 4) is 0 Å². The molecule has 0 aliphatic rings. The number of rotatable bonds is 16. The number of carbonyl (C=O) groups excluding carboxylic acids is 3. The smallest absolute Gasteiger partial charge is 0.326 e. The number of amides is 3. The van der Waals surface area contributed by atoms with Crippen LogP contribution in [0.5, 0.6) is 0 Å². The monoisotopic (exact) mass is 583 g/mol. The molecule has 0 saturated heterocycles. The van der Waals surface area contributed by atoms with Gasteiger partial charge in [-0.2, -0.15) is 0 Å². The van der Waals surface area contributed by atoms with Crippen LogP contribution in [0.15, 0.2) is 43.0 Å². The third kappa shape index (κ3) is 9.16. The Morgan fingerprint density at radius 2 is 1.57 bits per heavy atom. The third-order valence-electron chi connectivity index (χ3n) is 6.66. The maximum absolute atomic E-state index is 13.5. The molecule has 1 aromatic carbocycles. The number of para-hydroxylation sites is 1. The Bertz CT molecular complexity index is 1390. The average molecular weight is 584 g/mol. The lowest BCUT2D eigenvalue weighted by molar-refractivity contribution is -0.143. The average Bonchev–Trinajstić information content (AvgIpc) is 3.59. The molecule has 42 heavy (non-hydrogen) atoms. The van der Waals surface area contributed by atoms with Gasteiger partial charge in [-0.25, -0.2) is 9.78 Å². The standard InChI is InChI=1S/C28H37N7O7/c1-15(2)9-22(26(39)33-21(28(41)42)7-8-24(36)37)35-27(40)23(11-17-13-30-14-32-17)34-25(38)19(29)10-16-12-31-20-6-4-3-5-18(16)20/h3-6,12-15,19,21-23,31H,7-11,29H2,1-2H3,(H,30,32)(H,33,39)(H,34,38)(H,35,40)(H,36,37)(H,41,42). The molecular formula is C28H37N7O7. The van der Waals surface area contributed by atoms with Crippen LogP contribution < -0.4 is 21.7 Å². The predicted octanol–water partition coefficient (Wildman–Crippen LogP) is 0.453. The lowest BCUT2D eigenvalue weighted by atomic mass is 10.0. The second-order valence-electron chi connectivity index (χ2n) is 10.5. The number of hydrogen-bond donors (Lipinski definition) is 8. The Labute approximate surface area is 241 Å². The van der Waals surface area contributed by atoms with E-state index in [1.807, 2.05) is 38.1 Å². The van der Waals surface area contributed by atoms with Crippen molar-refractivity contribution in [2.45, 2.75) is 70.1 Å². The predicted molar refractivity (Wildman–Crippen MR) is 152 cm³/mol. The normalized spacial score (nSPS) is 14.1. The van der Waals surface area contributed by atoms with Gasteiger partial charge >= 0.3 is 11.9 Å². The highest BCUT2D eigenvalue weighted by atomic mass is 16.4. The lowest BCUT2D eigenvalue weighted by Gasteiger charge is -2.26. The quantitative estimate of drug-likeness (QED) is 0.117. The van der Waals surface area contributed by atoms with Crippen LogP contribution in [-0.4, -0.2) is 79.0 Å². The number of fused-ring (bicyclic) bond motifs is 1. The van der Waals surface area contributed by atoms with E-state index in [0.717, 1.165) is 16.5 Å². The van der Waals surface area contributed by atoms with Crippen LogP contribution in [0.25, 0.3) is 10.9 Å². The first kappa shape index (κ1) is 31.8. The SMILES string of the molecule is CC(C)CC(NC(=O)C(Cc1cnc[nH]1)NC(=O)C(N)Cc1c[nH]c2ccccc12)C(=O)NC(CCC(=O)O)C(=O)O. The molecule has 9 N–H and O–H groups in total. The summed E-state index contributed by atoms with van der Waals surface area (Å²) in [5.41, 5.74) is 8.52. The maximum Gasteiger partial charge on any atom is 0.326 e. The molecule has 4 unspecified atom stereocenters. The Morgan fingerprint density at radius 3 is 2.21 bits per heavy atom. The molecule has 0 aliphatic heterocycles. The van der Waals surface area contributed by atoms with Gasteiger partial charge < -0.3 is 41.9 Å². The van der Waals surface area contributed by atoms with E-state index in [1.165, 1.54) is 12.5 Å². The minimum absolute atomic E-state index is 0.0176. The zero-order chi connectivity index (χ0) is 30.8. The number of nitrogens with zero attached hydrogens (tertiary/aromatic N) is 1. The number of carboxylic acids is 2. The number of carboxylic acid groups (broad SMARTS) is 2. The molecule has 3 amide bonds. The number of benzene rings is 1. The summed E-state index contributed by atoms with van der Waals surface area (Å²) < 4.78 is 0. The summed E-state index contributed by atoms with van der Waals surface area (Å²) in [5.74, 6) is -4.72. The highest BCUT2D eigenvalue weighted by molar-refractivity contribution is 5.94. The van der Waals surface area contributed by atoms with Crippen LogP contribution in [0.4, 0.5) is 0 Å². The van der Waals surface area contributed by atoms with Gasteiger partial charge in [-0.1, -0.05) is 32.0 Å². The molecule has 2 aromatic heterocycles. The van der Waals surface area contributed by atoms with Crippen molar-refractivity contribution in [3.63, 3.8) is 0 Å². The number of aliphatic carboxylic acids is 2. The Balaban J connectivity index is 1.74. The first-order valence-electron chi connectivity index (χ1n) is 13.6. The molecule has 3 rings (SSSR count). The van der Waals surface area contributed by atoms with Crippen LogP contribution in [0.2, 0.25) is 0 Å². The molecule has 0 fully saturated rings. The summed E-state index contributed by atoms with van der Waals surface area (Å²) in [6.07, 6.45) is 4.30. The fraction of sp³-hybridized carbons (Fsp3) is 0.429. The molecule has 0 saturated carbocycles. The van der Waals surface area contributed by atoms with Crippen LogP contribution >= 0.6 is 0 Å². The van der Waals surface area contributed by atoms with E-state index < -0.39 is 60.2 Å².